The number of alkyl halides is 3. The van der Waals surface area contributed by atoms with E-state index in [9.17, 15) is 26.7 Å². The first-order valence-electron chi connectivity index (χ1n) is 16.8. The molecule has 1 aliphatic rings. The van der Waals surface area contributed by atoms with Crippen LogP contribution in [0.1, 0.15) is 53.9 Å². The summed E-state index contributed by atoms with van der Waals surface area (Å²) in [4.78, 5) is 9.49. The number of halogens is 4. The SMILES string of the molecule is COc1ccc(CN(c2ccncn2)S(=O)(=O)c2cc(CCCO)c(N[C@H]3CC[C@H](c4cccc(C(F)(F)F)c4)C[C@@H]3N(C)C)cc2F)c(OC)c1. The van der Waals surface area contributed by atoms with E-state index < -0.39 is 32.5 Å². The normalized spacial score (nSPS) is 17.9. The Morgan fingerprint density at radius 2 is 1.79 bits per heavy atom. The molecule has 0 saturated heterocycles. The molecule has 15 heteroatoms. The quantitative estimate of drug-likeness (QED) is 0.137. The molecule has 10 nitrogen and oxygen atoms in total. The number of aliphatic hydroxyl groups excluding tert-OH is 1. The average Bonchev–Trinajstić information content (AvgIpc) is 3.13. The minimum Gasteiger partial charge on any atom is -0.497 e. The number of nitrogens with one attached hydrogen (secondary N) is 1. The maximum atomic E-state index is 16.3. The van der Waals surface area contributed by atoms with E-state index in [0.29, 0.717) is 53.1 Å². The highest BCUT2D eigenvalue weighted by atomic mass is 32.2. The molecule has 2 N–H and O–H groups in total. The molecular formula is C37H43F4N5O5S. The maximum absolute atomic E-state index is 16.3. The second-order valence-corrected chi connectivity index (χ2v) is 14.8. The Kier molecular flexibility index (Phi) is 12.3. The second kappa shape index (κ2) is 16.5. The topological polar surface area (TPSA) is 117 Å². The molecule has 0 spiro atoms. The van der Waals surface area contributed by atoms with Gasteiger partial charge in [0.25, 0.3) is 10.0 Å². The fourth-order valence-corrected chi connectivity index (χ4v) is 8.23. The summed E-state index contributed by atoms with van der Waals surface area (Å²) in [6.45, 7) is -0.427. The lowest BCUT2D eigenvalue weighted by molar-refractivity contribution is -0.137. The molecule has 0 bridgehead atoms. The van der Waals surface area contributed by atoms with Gasteiger partial charge in [-0.1, -0.05) is 18.2 Å². The summed E-state index contributed by atoms with van der Waals surface area (Å²) in [7, 11) is 2.11. The minimum absolute atomic E-state index is 0.0118. The second-order valence-electron chi connectivity index (χ2n) is 12.9. The van der Waals surface area contributed by atoms with Crippen molar-refractivity contribution in [2.24, 2.45) is 0 Å². The van der Waals surface area contributed by atoms with E-state index in [2.05, 4.69) is 15.3 Å². The molecule has 3 aromatic carbocycles. The van der Waals surface area contributed by atoms with Crippen LogP contribution in [0.2, 0.25) is 0 Å². The third-order valence-corrected chi connectivity index (χ3v) is 11.2. The monoisotopic (exact) mass is 745 g/mol. The number of likely N-dealkylation sites (N-methyl/N-ethyl adjacent to an activating group) is 1. The van der Waals surface area contributed by atoms with Gasteiger partial charge in [-0.3, -0.25) is 0 Å². The zero-order chi connectivity index (χ0) is 37.6. The lowest BCUT2D eigenvalue weighted by Gasteiger charge is -2.41. The Morgan fingerprint density at radius 1 is 1.00 bits per heavy atom. The van der Waals surface area contributed by atoms with Crippen molar-refractivity contribution < 1.29 is 40.6 Å². The van der Waals surface area contributed by atoms with Crippen molar-refractivity contribution in [2.75, 3.05) is 44.5 Å². The number of methoxy groups -OCH3 is 2. The highest BCUT2D eigenvalue weighted by molar-refractivity contribution is 7.92. The van der Waals surface area contributed by atoms with Gasteiger partial charge in [-0.15, -0.1) is 0 Å². The van der Waals surface area contributed by atoms with Crippen LogP contribution in [0.25, 0.3) is 0 Å². The molecule has 52 heavy (non-hydrogen) atoms. The lowest BCUT2D eigenvalue weighted by atomic mass is 9.77. The van der Waals surface area contributed by atoms with Crippen molar-refractivity contribution in [1.82, 2.24) is 14.9 Å². The summed E-state index contributed by atoms with van der Waals surface area (Å²) in [5.41, 5.74) is 1.26. The number of aryl methyl sites for hydroxylation is 1. The fraction of sp³-hybridized carbons (Fsp3) is 0.405. The third-order valence-electron chi connectivity index (χ3n) is 9.47. The van der Waals surface area contributed by atoms with Gasteiger partial charge in [0, 0.05) is 48.3 Å². The van der Waals surface area contributed by atoms with Crippen LogP contribution in [-0.2, 0) is 29.2 Å². The first-order valence-corrected chi connectivity index (χ1v) is 18.2. The van der Waals surface area contributed by atoms with Gasteiger partial charge in [0.1, 0.15) is 34.4 Å². The van der Waals surface area contributed by atoms with Gasteiger partial charge in [-0.2, -0.15) is 13.2 Å². The van der Waals surface area contributed by atoms with Crippen LogP contribution in [-0.4, -0.2) is 75.4 Å². The van der Waals surface area contributed by atoms with Crippen LogP contribution in [0.3, 0.4) is 0 Å². The summed E-state index contributed by atoms with van der Waals surface area (Å²) in [5.74, 6) is -0.244. The first kappa shape index (κ1) is 38.8. The van der Waals surface area contributed by atoms with E-state index in [1.54, 1.807) is 24.3 Å². The predicted molar refractivity (Wildman–Crippen MR) is 190 cm³/mol. The van der Waals surface area contributed by atoms with Crippen LogP contribution in [0.15, 0.2) is 78.1 Å². The zero-order valence-electron chi connectivity index (χ0n) is 29.4. The third kappa shape index (κ3) is 8.76. The zero-order valence-corrected chi connectivity index (χ0v) is 30.2. The van der Waals surface area contributed by atoms with Gasteiger partial charge in [-0.25, -0.2) is 27.1 Å². The van der Waals surface area contributed by atoms with Crippen molar-refractivity contribution in [3.63, 3.8) is 0 Å². The van der Waals surface area contributed by atoms with E-state index in [1.807, 2.05) is 19.0 Å². The molecule has 0 aliphatic heterocycles. The summed E-state index contributed by atoms with van der Waals surface area (Å²) in [6.07, 6.45) is 0.375. The Morgan fingerprint density at radius 3 is 2.44 bits per heavy atom. The Hall–Kier alpha value is -4.47. The van der Waals surface area contributed by atoms with Gasteiger partial charge in [-0.05, 0) is 93.6 Å². The lowest BCUT2D eigenvalue weighted by Crippen LogP contribution is -2.47. The number of hydrogen-bond donors (Lipinski definition) is 2. The number of nitrogens with zero attached hydrogens (tertiary/aromatic N) is 4. The molecule has 3 atom stereocenters. The van der Waals surface area contributed by atoms with Gasteiger partial charge >= 0.3 is 6.18 Å². The van der Waals surface area contributed by atoms with Crippen LogP contribution < -0.4 is 19.1 Å². The summed E-state index contributed by atoms with van der Waals surface area (Å²) in [6, 6.07) is 13.8. The predicted octanol–water partition coefficient (Wildman–Crippen LogP) is 6.65. The van der Waals surface area contributed by atoms with E-state index in [4.69, 9.17) is 9.47 Å². The Balaban J connectivity index is 1.48. The first-order chi connectivity index (χ1) is 24.8. The number of hydrogen-bond acceptors (Lipinski definition) is 9. The molecular weight excluding hydrogens is 702 g/mol. The van der Waals surface area contributed by atoms with Crippen molar-refractivity contribution in [1.29, 1.82) is 0 Å². The molecule has 1 heterocycles. The van der Waals surface area contributed by atoms with E-state index in [1.165, 1.54) is 51.0 Å². The Labute approximate surface area is 301 Å². The maximum Gasteiger partial charge on any atom is 0.416 e. The molecule has 5 rings (SSSR count). The summed E-state index contributed by atoms with van der Waals surface area (Å²) in [5, 5.41) is 13.1. The largest absolute Gasteiger partial charge is 0.497 e. The van der Waals surface area contributed by atoms with Gasteiger partial charge in [0.2, 0.25) is 0 Å². The number of aromatic nitrogens is 2. The van der Waals surface area contributed by atoms with E-state index in [-0.39, 0.29) is 49.8 Å². The number of rotatable bonds is 14. The molecule has 1 fully saturated rings. The smallest absolute Gasteiger partial charge is 0.416 e. The van der Waals surface area contributed by atoms with Crippen LogP contribution >= 0.6 is 0 Å². The number of anilines is 2. The van der Waals surface area contributed by atoms with Gasteiger partial charge < -0.3 is 24.8 Å². The summed E-state index contributed by atoms with van der Waals surface area (Å²) >= 11 is 0. The van der Waals surface area contributed by atoms with Crippen molar-refractivity contribution in [2.45, 2.75) is 67.7 Å². The number of sulfonamides is 1. The van der Waals surface area contributed by atoms with E-state index in [0.717, 1.165) is 16.4 Å². The molecule has 280 valence electrons. The van der Waals surface area contributed by atoms with Crippen molar-refractivity contribution in [3.05, 3.63) is 101 Å². The molecule has 1 saturated carbocycles. The van der Waals surface area contributed by atoms with Gasteiger partial charge in [0.05, 0.1) is 26.3 Å². The highest BCUT2D eigenvalue weighted by Crippen LogP contribution is 2.40. The van der Waals surface area contributed by atoms with Gasteiger partial charge in [0.15, 0.2) is 0 Å². The standard InChI is InChI=1S/C37H43F4N5O5S/c1-45(2)33-18-25(24-7-5-9-28(17-24)37(39,40)41)11-13-31(33)44-32-21-30(38)35(19-26(32)8-6-16-47)52(48,49)46(36-14-15-42-23-43-36)22-27-10-12-29(50-3)20-34(27)51-4/h5,7,9-10,12,14-15,17,19-21,23,25,31,33,44,47H,6,8,11,13,16,18,22H2,1-4H3/t25-,31-,33-/m0/s1. The molecule has 0 unspecified atom stereocenters. The van der Waals surface area contributed by atoms with Crippen LogP contribution in [0.4, 0.5) is 29.1 Å². The highest BCUT2D eigenvalue weighted by Gasteiger charge is 2.36. The number of aliphatic hydroxyl groups is 1. The molecule has 1 aromatic heterocycles. The van der Waals surface area contributed by atoms with Crippen molar-refractivity contribution >= 4 is 21.5 Å². The molecule has 0 amide bonds. The fourth-order valence-electron chi connectivity index (χ4n) is 6.74. The Bertz CT molecular complexity index is 1930. The van der Waals surface area contributed by atoms with E-state index >= 15 is 4.39 Å². The minimum atomic E-state index is -4.59. The average molecular weight is 746 g/mol. The molecule has 4 aromatic rings. The molecule has 1 aliphatic carbocycles. The van der Waals surface area contributed by atoms with Crippen LogP contribution in [0.5, 0.6) is 11.5 Å². The number of benzene rings is 3. The molecule has 0 radical (unpaired) electrons. The summed E-state index contributed by atoms with van der Waals surface area (Å²) < 4.78 is 97.3. The van der Waals surface area contributed by atoms with Crippen LogP contribution in [0, 0.1) is 5.82 Å². The number of ether oxygens (including phenoxy) is 2. The van der Waals surface area contributed by atoms with Crippen molar-refractivity contribution in [3.8, 4) is 11.5 Å².